The fraction of sp³-hybridized carbons (Fsp3) is 0.200. The summed E-state index contributed by atoms with van der Waals surface area (Å²) in [6.07, 6.45) is 0.862. The van der Waals surface area contributed by atoms with Crippen molar-refractivity contribution in [1.82, 2.24) is 14.6 Å². The Labute approximate surface area is 116 Å². The summed E-state index contributed by atoms with van der Waals surface area (Å²) in [6.45, 7) is 4.13. The Balaban J connectivity index is 2.16. The molecule has 1 aromatic carbocycles. The fourth-order valence-corrected chi connectivity index (χ4v) is 2.28. The molecule has 0 aliphatic carbocycles. The van der Waals surface area contributed by atoms with Gasteiger partial charge in [-0.2, -0.15) is 5.10 Å². The average Bonchev–Trinajstić information content (AvgIpc) is 2.84. The molecule has 0 saturated heterocycles. The maximum Gasteiger partial charge on any atom is 0.157 e. The number of fused-ring (bicyclic) bond motifs is 1. The third kappa shape index (κ3) is 2.22. The lowest BCUT2D eigenvalue weighted by Gasteiger charge is -1.99. The molecule has 0 amide bonds. The quantitative estimate of drug-likeness (QED) is 0.661. The predicted octanol–water partition coefficient (Wildman–Crippen LogP) is 3.92. The summed E-state index contributed by atoms with van der Waals surface area (Å²) in [7, 11) is 0. The Hall–Kier alpha value is -1.87. The van der Waals surface area contributed by atoms with Crippen molar-refractivity contribution >= 4 is 17.2 Å². The largest absolute Gasteiger partial charge is 0.233 e. The molecule has 0 bridgehead atoms. The van der Waals surface area contributed by atoms with Crippen molar-refractivity contribution in [1.29, 1.82) is 0 Å². The minimum atomic E-state index is 0.597. The van der Waals surface area contributed by atoms with Crippen LogP contribution in [0.1, 0.15) is 18.2 Å². The predicted molar refractivity (Wildman–Crippen MR) is 77.5 cm³/mol. The van der Waals surface area contributed by atoms with E-state index in [0.29, 0.717) is 5.15 Å². The Morgan fingerprint density at radius 3 is 2.58 bits per heavy atom. The minimum Gasteiger partial charge on any atom is -0.233 e. The van der Waals surface area contributed by atoms with Crippen molar-refractivity contribution in [3.05, 3.63) is 52.8 Å². The van der Waals surface area contributed by atoms with Crippen molar-refractivity contribution in [2.24, 2.45) is 0 Å². The Kier molecular flexibility index (Phi) is 2.99. The van der Waals surface area contributed by atoms with Gasteiger partial charge in [0, 0.05) is 17.3 Å². The fourth-order valence-electron chi connectivity index (χ4n) is 2.03. The average molecular weight is 272 g/mol. The summed E-state index contributed by atoms with van der Waals surface area (Å²) < 4.78 is 1.68. The van der Waals surface area contributed by atoms with E-state index in [1.807, 2.05) is 12.1 Å². The van der Waals surface area contributed by atoms with Gasteiger partial charge in [-0.15, -0.1) is 0 Å². The van der Waals surface area contributed by atoms with Crippen LogP contribution in [0.2, 0.25) is 5.15 Å². The molecule has 0 N–H and O–H groups in total. The van der Waals surface area contributed by atoms with Crippen molar-refractivity contribution < 1.29 is 0 Å². The van der Waals surface area contributed by atoms with E-state index in [4.69, 9.17) is 11.6 Å². The molecule has 0 radical (unpaired) electrons. The zero-order valence-corrected chi connectivity index (χ0v) is 11.6. The highest BCUT2D eigenvalue weighted by Crippen LogP contribution is 2.22. The van der Waals surface area contributed by atoms with Gasteiger partial charge in [0.15, 0.2) is 5.65 Å². The van der Waals surface area contributed by atoms with Gasteiger partial charge >= 0.3 is 0 Å². The molecule has 0 aliphatic rings. The van der Waals surface area contributed by atoms with Crippen molar-refractivity contribution in [3.63, 3.8) is 0 Å². The first-order chi connectivity index (χ1) is 9.17. The maximum absolute atomic E-state index is 6.23. The molecule has 0 spiro atoms. The third-order valence-electron chi connectivity index (χ3n) is 3.15. The molecule has 3 nitrogen and oxygen atoms in total. The van der Waals surface area contributed by atoms with Crippen LogP contribution >= 0.6 is 11.6 Å². The number of halogens is 1. The molecule has 4 heteroatoms. The molecule has 0 saturated carbocycles. The van der Waals surface area contributed by atoms with Crippen molar-refractivity contribution in [2.75, 3.05) is 0 Å². The lowest BCUT2D eigenvalue weighted by Crippen LogP contribution is -1.96. The molecule has 96 valence electrons. The van der Waals surface area contributed by atoms with Crippen LogP contribution in [0.15, 0.2) is 36.4 Å². The summed E-state index contributed by atoms with van der Waals surface area (Å²) in [6, 6.07) is 12.1. The van der Waals surface area contributed by atoms with Crippen LogP contribution < -0.4 is 0 Å². The van der Waals surface area contributed by atoms with E-state index in [9.17, 15) is 0 Å². The number of aryl methyl sites for hydroxylation is 2. The number of hydrogen-bond acceptors (Lipinski definition) is 2. The van der Waals surface area contributed by atoms with Crippen LogP contribution in [-0.2, 0) is 6.42 Å². The number of benzene rings is 1. The van der Waals surface area contributed by atoms with E-state index in [0.717, 1.165) is 29.0 Å². The molecular formula is C15H14ClN3. The third-order valence-corrected chi connectivity index (χ3v) is 3.42. The zero-order chi connectivity index (χ0) is 13.4. The molecule has 0 unspecified atom stereocenters. The number of aromatic nitrogens is 3. The summed E-state index contributed by atoms with van der Waals surface area (Å²) in [5.41, 5.74) is 4.97. The lowest BCUT2D eigenvalue weighted by molar-refractivity contribution is 0.915. The van der Waals surface area contributed by atoms with Gasteiger partial charge in [-0.05, 0) is 19.4 Å². The van der Waals surface area contributed by atoms with Gasteiger partial charge in [-0.3, -0.25) is 0 Å². The van der Waals surface area contributed by atoms with Gasteiger partial charge in [0.25, 0.3) is 0 Å². The van der Waals surface area contributed by atoms with E-state index < -0.39 is 0 Å². The smallest absolute Gasteiger partial charge is 0.157 e. The summed E-state index contributed by atoms with van der Waals surface area (Å²) >= 11 is 6.23. The molecule has 0 aliphatic heterocycles. The number of rotatable bonds is 2. The lowest BCUT2D eigenvalue weighted by atomic mass is 10.1. The second-order valence-corrected chi connectivity index (χ2v) is 4.98. The maximum atomic E-state index is 6.23. The summed E-state index contributed by atoms with van der Waals surface area (Å²) in [5.74, 6) is 0. The topological polar surface area (TPSA) is 30.2 Å². The van der Waals surface area contributed by atoms with Crippen LogP contribution in [0.3, 0.4) is 0 Å². The van der Waals surface area contributed by atoms with Crippen LogP contribution in [-0.4, -0.2) is 14.6 Å². The highest BCUT2D eigenvalue weighted by atomic mass is 35.5. The standard InChI is InChI=1S/C15H14ClN3/c1-3-12-8-14(16)19-15(17-12)9-13(18-19)11-6-4-10(2)5-7-11/h4-9H,3H2,1-2H3. The molecule has 3 aromatic rings. The Bertz CT molecular complexity index is 729. The number of hydrogen-bond donors (Lipinski definition) is 0. The Morgan fingerprint density at radius 2 is 1.89 bits per heavy atom. The van der Waals surface area contributed by atoms with Crippen LogP contribution in [0.5, 0.6) is 0 Å². The van der Waals surface area contributed by atoms with Crippen LogP contribution in [0, 0.1) is 6.92 Å². The van der Waals surface area contributed by atoms with Gasteiger partial charge in [-0.1, -0.05) is 48.4 Å². The van der Waals surface area contributed by atoms with Crippen molar-refractivity contribution in [3.8, 4) is 11.3 Å². The first kappa shape index (κ1) is 12.2. The minimum absolute atomic E-state index is 0.597. The molecule has 0 atom stereocenters. The molecule has 19 heavy (non-hydrogen) atoms. The normalized spacial score (nSPS) is 11.1. The monoisotopic (exact) mass is 271 g/mol. The van der Waals surface area contributed by atoms with Gasteiger partial charge in [0.2, 0.25) is 0 Å². The molecule has 3 rings (SSSR count). The molecular weight excluding hydrogens is 258 g/mol. The van der Waals surface area contributed by atoms with E-state index in [1.54, 1.807) is 4.52 Å². The molecule has 0 fully saturated rings. The Morgan fingerprint density at radius 1 is 1.16 bits per heavy atom. The second-order valence-electron chi connectivity index (χ2n) is 4.59. The zero-order valence-electron chi connectivity index (χ0n) is 10.9. The first-order valence-corrected chi connectivity index (χ1v) is 6.67. The molecule has 2 heterocycles. The summed E-state index contributed by atoms with van der Waals surface area (Å²) in [5, 5.41) is 5.11. The van der Waals surface area contributed by atoms with E-state index in [-0.39, 0.29) is 0 Å². The van der Waals surface area contributed by atoms with E-state index >= 15 is 0 Å². The van der Waals surface area contributed by atoms with E-state index in [1.165, 1.54) is 5.56 Å². The van der Waals surface area contributed by atoms with Gasteiger partial charge < -0.3 is 0 Å². The van der Waals surface area contributed by atoms with E-state index in [2.05, 4.69) is 48.2 Å². The SMILES string of the molecule is CCc1cc(Cl)n2nc(-c3ccc(C)cc3)cc2n1. The van der Waals surface area contributed by atoms with Gasteiger partial charge in [0.1, 0.15) is 5.15 Å². The van der Waals surface area contributed by atoms with Gasteiger partial charge in [-0.25, -0.2) is 9.50 Å². The highest BCUT2D eigenvalue weighted by Gasteiger charge is 2.09. The molecule has 2 aromatic heterocycles. The first-order valence-electron chi connectivity index (χ1n) is 6.29. The number of nitrogens with zero attached hydrogens (tertiary/aromatic N) is 3. The van der Waals surface area contributed by atoms with Gasteiger partial charge in [0.05, 0.1) is 5.69 Å². The van der Waals surface area contributed by atoms with Crippen molar-refractivity contribution in [2.45, 2.75) is 20.3 Å². The second kappa shape index (κ2) is 4.67. The summed E-state index contributed by atoms with van der Waals surface area (Å²) in [4.78, 5) is 4.53. The highest BCUT2D eigenvalue weighted by molar-refractivity contribution is 6.29. The van der Waals surface area contributed by atoms with Crippen LogP contribution in [0.4, 0.5) is 0 Å². The van der Waals surface area contributed by atoms with Crippen LogP contribution in [0.25, 0.3) is 16.9 Å².